The molecule has 5 nitrogen and oxygen atoms in total. The maximum absolute atomic E-state index is 5.80. The topological polar surface area (TPSA) is 42.3 Å². The van der Waals surface area contributed by atoms with Crippen molar-refractivity contribution in [2.75, 3.05) is 20.3 Å². The average Bonchev–Trinajstić information content (AvgIpc) is 3.29. The lowest BCUT2D eigenvalue weighted by Crippen LogP contribution is -2.31. The second-order valence-corrected chi connectivity index (χ2v) is 8.70. The molecule has 3 aromatic rings. The van der Waals surface area contributed by atoms with Gasteiger partial charge >= 0.3 is 0 Å². The first-order chi connectivity index (χ1) is 15.6. The fourth-order valence-corrected chi connectivity index (χ4v) is 5.18. The van der Waals surface area contributed by atoms with Gasteiger partial charge in [0.25, 0.3) is 0 Å². The van der Waals surface area contributed by atoms with E-state index in [1.54, 1.807) is 7.11 Å². The van der Waals surface area contributed by atoms with Gasteiger partial charge in [0.1, 0.15) is 0 Å². The number of hydrogen-bond donors (Lipinski definition) is 1. The van der Waals surface area contributed by atoms with E-state index in [2.05, 4.69) is 76.9 Å². The first-order valence-electron chi connectivity index (χ1n) is 11.3. The van der Waals surface area contributed by atoms with E-state index in [0.29, 0.717) is 6.61 Å². The molecule has 1 fully saturated rings. The largest absolute Gasteiger partial charge is 0.385 e. The van der Waals surface area contributed by atoms with Crippen molar-refractivity contribution in [1.82, 2.24) is 19.8 Å². The van der Waals surface area contributed by atoms with Gasteiger partial charge in [0.05, 0.1) is 17.8 Å². The zero-order chi connectivity index (χ0) is 22.7. The van der Waals surface area contributed by atoms with Crippen LogP contribution < -0.4 is 5.32 Å². The first-order valence-corrected chi connectivity index (χ1v) is 11.7. The summed E-state index contributed by atoms with van der Waals surface area (Å²) in [7, 11) is 1.74. The molecule has 0 spiro atoms. The molecule has 3 heterocycles. The standard InChI is InChI=1S/C26H32N4OS/c1-5-20-11-6-7-13-23(20)30-18(2)17-21(19(30)3)25-24(22-12-8-9-14-27-22)28-26(32)29(25)15-10-16-31-4/h6-9,11-14,17,24-25H,5,10,15-16H2,1-4H3,(H,28,32)/t24-,25-/m1/s1. The van der Waals surface area contributed by atoms with Crippen LogP contribution in [-0.4, -0.2) is 39.8 Å². The maximum atomic E-state index is 5.80. The number of para-hydroxylation sites is 1. The smallest absolute Gasteiger partial charge is 0.170 e. The number of methoxy groups -OCH3 is 1. The molecule has 0 amide bonds. The summed E-state index contributed by atoms with van der Waals surface area (Å²) in [5.41, 5.74) is 7.37. The number of hydrogen-bond acceptors (Lipinski definition) is 3. The highest BCUT2D eigenvalue weighted by atomic mass is 32.1. The molecule has 1 aliphatic rings. The minimum absolute atomic E-state index is 0.00149. The summed E-state index contributed by atoms with van der Waals surface area (Å²) >= 11 is 5.80. The lowest BCUT2D eigenvalue weighted by atomic mass is 9.96. The summed E-state index contributed by atoms with van der Waals surface area (Å²) in [6.45, 7) is 8.17. The van der Waals surface area contributed by atoms with Gasteiger partial charge in [0.2, 0.25) is 0 Å². The van der Waals surface area contributed by atoms with E-state index >= 15 is 0 Å². The molecule has 168 valence electrons. The van der Waals surface area contributed by atoms with Crippen molar-refractivity contribution in [3.8, 4) is 5.69 Å². The zero-order valence-electron chi connectivity index (χ0n) is 19.3. The van der Waals surface area contributed by atoms with Crippen LogP contribution in [0.15, 0.2) is 54.7 Å². The fraction of sp³-hybridized carbons (Fsp3) is 0.385. The van der Waals surface area contributed by atoms with Crippen LogP contribution in [0.5, 0.6) is 0 Å². The van der Waals surface area contributed by atoms with Gasteiger partial charge in [-0.05, 0) is 74.3 Å². The molecule has 0 unspecified atom stereocenters. The third kappa shape index (κ3) is 4.17. The minimum Gasteiger partial charge on any atom is -0.385 e. The number of pyridine rings is 1. The van der Waals surface area contributed by atoms with Crippen molar-refractivity contribution >= 4 is 17.3 Å². The molecule has 0 saturated carbocycles. The van der Waals surface area contributed by atoms with Gasteiger partial charge in [0, 0.05) is 43.5 Å². The lowest BCUT2D eigenvalue weighted by molar-refractivity contribution is 0.180. The van der Waals surface area contributed by atoms with E-state index in [1.165, 1.54) is 28.2 Å². The third-order valence-electron chi connectivity index (χ3n) is 6.35. The predicted molar refractivity (Wildman–Crippen MR) is 133 cm³/mol. The number of benzene rings is 1. The van der Waals surface area contributed by atoms with Crippen molar-refractivity contribution in [2.45, 2.75) is 45.7 Å². The number of nitrogens with zero attached hydrogens (tertiary/aromatic N) is 3. The fourth-order valence-electron chi connectivity index (χ4n) is 4.85. The van der Waals surface area contributed by atoms with E-state index in [4.69, 9.17) is 17.0 Å². The third-order valence-corrected chi connectivity index (χ3v) is 6.70. The molecule has 2 atom stereocenters. The summed E-state index contributed by atoms with van der Waals surface area (Å²) in [6, 6.07) is 17.1. The molecule has 0 aliphatic carbocycles. The second kappa shape index (κ2) is 9.84. The van der Waals surface area contributed by atoms with Gasteiger partial charge in [0.15, 0.2) is 5.11 Å². The molecule has 1 N–H and O–H groups in total. The highest BCUT2D eigenvalue weighted by molar-refractivity contribution is 7.80. The molecule has 1 aromatic carbocycles. The van der Waals surface area contributed by atoms with Gasteiger partial charge in [-0.2, -0.15) is 0 Å². The van der Waals surface area contributed by atoms with E-state index in [1.807, 2.05) is 18.3 Å². The molecule has 1 saturated heterocycles. The Hall–Kier alpha value is -2.70. The van der Waals surface area contributed by atoms with Crippen LogP contribution in [0.1, 0.15) is 53.6 Å². The van der Waals surface area contributed by atoms with Crippen LogP contribution >= 0.6 is 12.2 Å². The summed E-state index contributed by atoms with van der Waals surface area (Å²) in [5.74, 6) is 0. The summed E-state index contributed by atoms with van der Waals surface area (Å²) in [6.07, 6.45) is 3.77. The van der Waals surface area contributed by atoms with E-state index in [-0.39, 0.29) is 12.1 Å². The Morgan fingerprint density at radius 2 is 1.91 bits per heavy atom. The van der Waals surface area contributed by atoms with Gasteiger partial charge in [-0.1, -0.05) is 31.2 Å². The Labute approximate surface area is 196 Å². The van der Waals surface area contributed by atoms with Crippen LogP contribution in [0.25, 0.3) is 5.69 Å². The van der Waals surface area contributed by atoms with Crippen molar-refractivity contribution < 1.29 is 4.74 Å². The van der Waals surface area contributed by atoms with Crippen LogP contribution in [0, 0.1) is 13.8 Å². The lowest BCUT2D eigenvalue weighted by Gasteiger charge is -2.28. The zero-order valence-corrected chi connectivity index (χ0v) is 20.2. The average molecular weight is 449 g/mol. The molecular weight excluding hydrogens is 416 g/mol. The van der Waals surface area contributed by atoms with Gasteiger partial charge in [-0.15, -0.1) is 0 Å². The summed E-state index contributed by atoms with van der Waals surface area (Å²) < 4.78 is 7.70. The molecular formula is C26H32N4OS. The van der Waals surface area contributed by atoms with Crippen LogP contribution in [0.3, 0.4) is 0 Å². The molecule has 6 heteroatoms. The number of aryl methyl sites for hydroxylation is 2. The highest BCUT2D eigenvalue weighted by Crippen LogP contribution is 2.41. The quantitative estimate of drug-likeness (QED) is 0.385. The Morgan fingerprint density at radius 3 is 2.62 bits per heavy atom. The number of thiocarbonyl (C=S) groups is 1. The SMILES string of the molecule is CCc1ccccc1-n1c(C)cc([C@@H]2[C@@H](c3ccccn3)NC(=S)N2CCCOC)c1C. The van der Waals surface area contributed by atoms with Crippen LogP contribution in [0.2, 0.25) is 0 Å². The minimum atomic E-state index is 0.00149. The molecule has 32 heavy (non-hydrogen) atoms. The monoisotopic (exact) mass is 448 g/mol. The first kappa shape index (κ1) is 22.5. The highest BCUT2D eigenvalue weighted by Gasteiger charge is 2.41. The Kier molecular flexibility index (Phi) is 6.92. The van der Waals surface area contributed by atoms with E-state index in [0.717, 1.165) is 30.2 Å². The molecule has 1 aliphatic heterocycles. The number of nitrogens with one attached hydrogen (secondary N) is 1. The predicted octanol–water partition coefficient (Wildman–Crippen LogP) is 5.06. The van der Waals surface area contributed by atoms with E-state index < -0.39 is 0 Å². The van der Waals surface area contributed by atoms with Crippen molar-refractivity contribution in [3.05, 3.63) is 82.9 Å². The number of ether oxygens (including phenoxy) is 1. The normalized spacial score (nSPS) is 18.2. The molecule has 2 aromatic heterocycles. The Balaban J connectivity index is 1.81. The summed E-state index contributed by atoms with van der Waals surface area (Å²) in [5, 5.41) is 4.34. The second-order valence-electron chi connectivity index (χ2n) is 8.31. The maximum Gasteiger partial charge on any atom is 0.170 e. The Morgan fingerprint density at radius 1 is 1.12 bits per heavy atom. The van der Waals surface area contributed by atoms with Crippen molar-refractivity contribution in [3.63, 3.8) is 0 Å². The van der Waals surface area contributed by atoms with Gasteiger partial charge in [-0.25, -0.2) is 0 Å². The van der Waals surface area contributed by atoms with Crippen LogP contribution in [0.4, 0.5) is 0 Å². The number of aromatic nitrogens is 2. The van der Waals surface area contributed by atoms with E-state index in [9.17, 15) is 0 Å². The van der Waals surface area contributed by atoms with Gasteiger partial charge < -0.3 is 19.5 Å². The number of rotatable bonds is 8. The van der Waals surface area contributed by atoms with Crippen LogP contribution in [-0.2, 0) is 11.2 Å². The molecule has 0 bridgehead atoms. The summed E-state index contributed by atoms with van der Waals surface area (Å²) in [4.78, 5) is 6.98. The van der Waals surface area contributed by atoms with Crippen molar-refractivity contribution in [2.24, 2.45) is 0 Å². The molecule has 4 rings (SSSR count). The molecule has 0 radical (unpaired) electrons. The van der Waals surface area contributed by atoms with Crippen molar-refractivity contribution in [1.29, 1.82) is 0 Å². The van der Waals surface area contributed by atoms with Gasteiger partial charge in [-0.3, -0.25) is 4.98 Å². The Bertz CT molecular complexity index is 1080.